The molecular weight excluding hydrogens is 304 g/mol. The number of carbonyl (C=O) groups excluding carboxylic acids is 1. The molecule has 0 saturated heterocycles. The molecule has 0 spiro atoms. The molecule has 0 aromatic heterocycles. The molecule has 0 aliphatic rings. The average molecular weight is 321 g/mol. The summed E-state index contributed by atoms with van der Waals surface area (Å²) in [4.78, 5) is 12.0. The van der Waals surface area contributed by atoms with Gasteiger partial charge in [-0.3, -0.25) is 4.79 Å². The van der Waals surface area contributed by atoms with Crippen molar-refractivity contribution in [2.75, 3.05) is 31.4 Å². The molecule has 0 atom stereocenters. The summed E-state index contributed by atoms with van der Waals surface area (Å²) in [6.45, 7) is 0.121. The summed E-state index contributed by atoms with van der Waals surface area (Å²) in [7, 11) is 3.11. The first-order valence-corrected chi connectivity index (χ1v) is 7.01. The van der Waals surface area contributed by atoms with Gasteiger partial charge in [-0.05, 0) is 30.3 Å². The Morgan fingerprint density at radius 2 is 1.95 bits per heavy atom. The van der Waals surface area contributed by atoms with Gasteiger partial charge in [0.1, 0.15) is 11.5 Å². The molecule has 2 rings (SSSR count). The summed E-state index contributed by atoms with van der Waals surface area (Å²) in [6.07, 6.45) is 0. The van der Waals surface area contributed by atoms with Gasteiger partial charge in [-0.15, -0.1) is 0 Å². The van der Waals surface area contributed by atoms with E-state index in [-0.39, 0.29) is 12.5 Å². The van der Waals surface area contributed by atoms with Crippen molar-refractivity contribution in [1.29, 1.82) is 0 Å². The van der Waals surface area contributed by atoms with Gasteiger partial charge in [0, 0.05) is 16.8 Å². The first-order valence-electron chi connectivity index (χ1n) is 6.63. The number of hydrogen-bond acceptors (Lipinski definition) is 4. The van der Waals surface area contributed by atoms with Crippen LogP contribution in [0, 0.1) is 0 Å². The van der Waals surface area contributed by atoms with Crippen LogP contribution in [0.3, 0.4) is 0 Å². The number of anilines is 2. The molecule has 0 unspecified atom stereocenters. The molecule has 0 aliphatic heterocycles. The summed E-state index contributed by atoms with van der Waals surface area (Å²) in [6, 6.07) is 12.4. The normalized spacial score (nSPS) is 9.95. The van der Waals surface area contributed by atoms with Crippen LogP contribution in [0.2, 0.25) is 5.02 Å². The van der Waals surface area contributed by atoms with E-state index in [0.29, 0.717) is 22.2 Å². The van der Waals surface area contributed by atoms with Gasteiger partial charge in [0.15, 0.2) is 0 Å². The molecule has 2 aromatic carbocycles. The highest BCUT2D eigenvalue weighted by molar-refractivity contribution is 6.30. The van der Waals surface area contributed by atoms with Gasteiger partial charge >= 0.3 is 0 Å². The molecule has 6 heteroatoms. The summed E-state index contributed by atoms with van der Waals surface area (Å²) < 4.78 is 10.4. The van der Waals surface area contributed by atoms with Crippen LogP contribution in [0.25, 0.3) is 0 Å². The molecule has 0 aliphatic carbocycles. The van der Waals surface area contributed by atoms with E-state index in [1.165, 1.54) is 7.11 Å². The smallest absolute Gasteiger partial charge is 0.243 e. The molecule has 0 fully saturated rings. The van der Waals surface area contributed by atoms with Gasteiger partial charge in [-0.2, -0.15) is 0 Å². The number of ether oxygens (including phenoxy) is 2. The topological polar surface area (TPSA) is 59.6 Å². The Morgan fingerprint density at radius 1 is 1.14 bits per heavy atom. The van der Waals surface area contributed by atoms with Crippen LogP contribution in [0.4, 0.5) is 11.4 Å². The van der Waals surface area contributed by atoms with Crippen molar-refractivity contribution in [2.24, 2.45) is 0 Å². The van der Waals surface area contributed by atoms with Crippen LogP contribution >= 0.6 is 11.6 Å². The van der Waals surface area contributed by atoms with Crippen molar-refractivity contribution in [3.05, 3.63) is 47.5 Å². The Kier molecular flexibility index (Phi) is 5.49. The maximum Gasteiger partial charge on any atom is 0.243 e. The first kappa shape index (κ1) is 16.0. The van der Waals surface area contributed by atoms with Crippen LogP contribution in [-0.4, -0.2) is 26.7 Å². The second-order valence-corrected chi connectivity index (χ2v) is 4.91. The van der Waals surface area contributed by atoms with Gasteiger partial charge in [0.25, 0.3) is 0 Å². The highest BCUT2D eigenvalue weighted by atomic mass is 35.5. The Balaban J connectivity index is 1.97. The number of rotatable bonds is 6. The molecule has 2 N–H and O–H groups in total. The second kappa shape index (κ2) is 7.56. The summed E-state index contributed by atoms with van der Waals surface area (Å²) in [5, 5.41) is 6.40. The number of carbonyl (C=O) groups is 1. The van der Waals surface area contributed by atoms with E-state index in [1.807, 2.05) is 12.1 Å². The lowest BCUT2D eigenvalue weighted by molar-refractivity contribution is -0.114. The second-order valence-electron chi connectivity index (χ2n) is 4.48. The fourth-order valence-corrected chi connectivity index (χ4v) is 2.07. The highest BCUT2D eigenvalue weighted by Crippen LogP contribution is 2.28. The minimum atomic E-state index is -0.191. The lowest BCUT2D eigenvalue weighted by atomic mass is 10.2. The standard InChI is InChI=1S/C16H17ClN2O3/c1-21-13-6-7-14(15(9-13)22-2)19-16(20)10-18-12-5-3-4-11(17)8-12/h3-9,18H,10H2,1-2H3,(H,19,20). The maximum absolute atomic E-state index is 12.0. The Labute approximate surface area is 134 Å². The van der Waals surface area contributed by atoms with Crippen LogP contribution in [0.1, 0.15) is 0 Å². The number of nitrogens with one attached hydrogen (secondary N) is 2. The van der Waals surface area contributed by atoms with Crippen molar-refractivity contribution in [1.82, 2.24) is 0 Å². The van der Waals surface area contributed by atoms with E-state index in [4.69, 9.17) is 21.1 Å². The molecule has 2 aromatic rings. The first-order chi connectivity index (χ1) is 10.6. The summed E-state index contributed by atoms with van der Waals surface area (Å²) in [5.74, 6) is 1.01. The number of benzene rings is 2. The number of amides is 1. The molecular formula is C16H17ClN2O3. The van der Waals surface area contributed by atoms with Gasteiger partial charge in [0.05, 0.1) is 26.5 Å². The number of halogens is 1. The minimum Gasteiger partial charge on any atom is -0.497 e. The van der Waals surface area contributed by atoms with Crippen LogP contribution in [0.15, 0.2) is 42.5 Å². The monoisotopic (exact) mass is 320 g/mol. The quantitative estimate of drug-likeness (QED) is 0.856. The molecule has 0 radical (unpaired) electrons. The van der Waals surface area contributed by atoms with E-state index < -0.39 is 0 Å². The van der Waals surface area contributed by atoms with Gasteiger partial charge in [-0.25, -0.2) is 0 Å². The lowest BCUT2D eigenvalue weighted by Crippen LogP contribution is -2.22. The van der Waals surface area contributed by atoms with E-state index in [9.17, 15) is 4.79 Å². The largest absolute Gasteiger partial charge is 0.497 e. The Bertz CT molecular complexity index is 662. The SMILES string of the molecule is COc1ccc(NC(=O)CNc2cccc(Cl)c2)c(OC)c1. The molecule has 0 heterocycles. The fourth-order valence-electron chi connectivity index (χ4n) is 1.88. The Hall–Kier alpha value is -2.40. The average Bonchev–Trinajstić information content (AvgIpc) is 2.53. The molecule has 0 bridgehead atoms. The van der Waals surface area contributed by atoms with Gasteiger partial charge in [-0.1, -0.05) is 17.7 Å². The lowest BCUT2D eigenvalue weighted by Gasteiger charge is -2.12. The Morgan fingerprint density at radius 3 is 2.64 bits per heavy atom. The van der Waals surface area contributed by atoms with Crippen molar-refractivity contribution >= 4 is 28.9 Å². The van der Waals surface area contributed by atoms with E-state index in [1.54, 1.807) is 37.4 Å². The zero-order valence-electron chi connectivity index (χ0n) is 12.4. The molecule has 22 heavy (non-hydrogen) atoms. The third-order valence-corrected chi connectivity index (χ3v) is 3.20. The van der Waals surface area contributed by atoms with Crippen molar-refractivity contribution in [3.63, 3.8) is 0 Å². The number of methoxy groups -OCH3 is 2. The van der Waals surface area contributed by atoms with Crippen molar-refractivity contribution in [3.8, 4) is 11.5 Å². The summed E-state index contributed by atoms with van der Waals surface area (Å²) >= 11 is 5.89. The molecule has 5 nitrogen and oxygen atoms in total. The zero-order valence-corrected chi connectivity index (χ0v) is 13.1. The van der Waals surface area contributed by atoms with E-state index in [2.05, 4.69) is 10.6 Å². The fraction of sp³-hybridized carbons (Fsp3) is 0.188. The van der Waals surface area contributed by atoms with Crippen molar-refractivity contribution in [2.45, 2.75) is 0 Å². The van der Waals surface area contributed by atoms with Crippen LogP contribution in [-0.2, 0) is 4.79 Å². The van der Waals surface area contributed by atoms with Crippen molar-refractivity contribution < 1.29 is 14.3 Å². The van der Waals surface area contributed by atoms with Gasteiger partial charge in [0.2, 0.25) is 5.91 Å². The van der Waals surface area contributed by atoms with Gasteiger partial charge < -0.3 is 20.1 Å². The predicted molar refractivity (Wildman–Crippen MR) is 88.1 cm³/mol. The van der Waals surface area contributed by atoms with Crippen LogP contribution < -0.4 is 20.1 Å². The molecule has 0 saturated carbocycles. The molecule has 1 amide bonds. The molecule has 116 valence electrons. The highest BCUT2D eigenvalue weighted by Gasteiger charge is 2.08. The predicted octanol–water partition coefficient (Wildman–Crippen LogP) is 3.41. The third-order valence-electron chi connectivity index (χ3n) is 2.96. The third kappa shape index (κ3) is 4.30. The zero-order chi connectivity index (χ0) is 15.9. The number of hydrogen-bond donors (Lipinski definition) is 2. The van der Waals surface area contributed by atoms with Crippen LogP contribution in [0.5, 0.6) is 11.5 Å². The van der Waals surface area contributed by atoms with E-state index in [0.717, 1.165) is 5.69 Å². The van der Waals surface area contributed by atoms with E-state index >= 15 is 0 Å². The minimum absolute atomic E-state index is 0.121. The maximum atomic E-state index is 12.0. The summed E-state index contributed by atoms with van der Waals surface area (Å²) in [5.41, 5.74) is 1.37.